The zero-order valence-electron chi connectivity index (χ0n) is 16.5. The van der Waals surface area contributed by atoms with Gasteiger partial charge in [-0.2, -0.15) is 0 Å². The molecule has 0 N–H and O–H groups in total. The zero-order chi connectivity index (χ0) is 20.2. The number of ether oxygens (including phenoxy) is 2. The predicted molar refractivity (Wildman–Crippen MR) is 120 cm³/mol. The maximum atomic E-state index is 13.2. The fourth-order valence-electron chi connectivity index (χ4n) is 3.58. The molecule has 1 aliphatic rings. The highest BCUT2D eigenvalue weighted by atomic mass is 32.2. The molecule has 7 heteroatoms. The summed E-state index contributed by atoms with van der Waals surface area (Å²) in [7, 11) is 1.64. The number of nitrogens with zero attached hydrogens (tertiary/aromatic N) is 2. The second-order valence-electron chi connectivity index (χ2n) is 6.86. The van der Waals surface area contributed by atoms with E-state index in [4.69, 9.17) is 14.5 Å². The molecule has 0 saturated heterocycles. The van der Waals surface area contributed by atoms with Crippen molar-refractivity contribution in [3.63, 3.8) is 0 Å². The van der Waals surface area contributed by atoms with Gasteiger partial charge in [0.15, 0.2) is 5.16 Å². The van der Waals surface area contributed by atoms with Crippen LogP contribution in [-0.4, -0.2) is 29.0 Å². The highest BCUT2D eigenvalue weighted by Gasteiger charge is 2.21. The summed E-state index contributed by atoms with van der Waals surface area (Å²) in [5.74, 6) is 2.30. The maximum absolute atomic E-state index is 13.2. The standard InChI is InChI=1S/C22H24N2O3S2/c1-3-12-24-21(25)19-17-6-4-5-7-18(17)29-20(19)23-22(24)28-14-13-27-16-10-8-15(26-2)9-11-16/h3,8-11H,1,4-7,12-14H2,2H3. The Morgan fingerprint density at radius 2 is 2.00 bits per heavy atom. The number of allylic oxidation sites excluding steroid dienone is 1. The molecule has 2 aromatic heterocycles. The Balaban J connectivity index is 1.52. The highest BCUT2D eigenvalue weighted by molar-refractivity contribution is 7.99. The quantitative estimate of drug-likeness (QED) is 0.225. The second-order valence-corrected chi connectivity index (χ2v) is 9.01. The van der Waals surface area contributed by atoms with Crippen LogP contribution in [0.25, 0.3) is 10.2 Å². The lowest BCUT2D eigenvalue weighted by Crippen LogP contribution is -2.23. The van der Waals surface area contributed by atoms with Gasteiger partial charge >= 0.3 is 0 Å². The number of thiophene rings is 1. The first-order valence-corrected chi connectivity index (χ1v) is 11.6. The van der Waals surface area contributed by atoms with Crippen molar-refractivity contribution in [3.8, 4) is 11.5 Å². The van der Waals surface area contributed by atoms with Crippen LogP contribution in [0.1, 0.15) is 23.3 Å². The Morgan fingerprint density at radius 3 is 2.76 bits per heavy atom. The molecule has 4 rings (SSSR count). The minimum absolute atomic E-state index is 0.0628. The van der Waals surface area contributed by atoms with Crippen molar-refractivity contribution < 1.29 is 9.47 Å². The summed E-state index contributed by atoms with van der Waals surface area (Å²) < 4.78 is 12.7. The normalized spacial score (nSPS) is 13.3. The Hall–Kier alpha value is -2.25. The molecular weight excluding hydrogens is 404 g/mol. The van der Waals surface area contributed by atoms with E-state index in [0.29, 0.717) is 18.9 Å². The molecule has 1 aromatic carbocycles. The molecule has 0 radical (unpaired) electrons. The molecule has 29 heavy (non-hydrogen) atoms. The lowest BCUT2D eigenvalue weighted by atomic mass is 9.97. The third-order valence-electron chi connectivity index (χ3n) is 4.99. The van der Waals surface area contributed by atoms with Gasteiger partial charge in [-0.15, -0.1) is 17.9 Å². The molecule has 0 fully saturated rings. The van der Waals surface area contributed by atoms with E-state index in [9.17, 15) is 4.79 Å². The predicted octanol–water partition coefficient (Wildman–Crippen LogP) is 4.70. The lowest BCUT2D eigenvalue weighted by Gasteiger charge is -2.12. The number of thioether (sulfide) groups is 1. The van der Waals surface area contributed by atoms with Gasteiger partial charge in [-0.05, 0) is 55.5 Å². The summed E-state index contributed by atoms with van der Waals surface area (Å²) in [5.41, 5.74) is 1.29. The molecule has 0 aliphatic heterocycles. The van der Waals surface area contributed by atoms with E-state index < -0.39 is 0 Å². The van der Waals surface area contributed by atoms with Crippen LogP contribution in [0.5, 0.6) is 11.5 Å². The van der Waals surface area contributed by atoms with Gasteiger partial charge in [0.25, 0.3) is 5.56 Å². The van der Waals surface area contributed by atoms with Gasteiger partial charge in [0, 0.05) is 17.2 Å². The van der Waals surface area contributed by atoms with Crippen LogP contribution in [0.3, 0.4) is 0 Å². The van der Waals surface area contributed by atoms with Crippen LogP contribution in [0.15, 0.2) is 46.9 Å². The van der Waals surface area contributed by atoms with Crippen molar-refractivity contribution in [1.29, 1.82) is 0 Å². The maximum Gasteiger partial charge on any atom is 0.263 e. The largest absolute Gasteiger partial charge is 0.497 e. The number of fused-ring (bicyclic) bond motifs is 3. The van der Waals surface area contributed by atoms with Crippen LogP contribution >= 0.6 is 23.1 Å². The Kier molecular flexibility index (Phi) is 6.25. The number of methoxy groups -OCH3 is 1. The summed E-state index contributed by atoms with van der Waals surface area (Å²) in [6.45, 7) is 4.81. The Morgan fingerprint density at radius 1 is 1.24 bits per heavy atom. The first kappa shape index (κ1) is 20.0. The Labute approximate surface area is 178 Å². The molecule has 2 heterocycles. The van der Waals surface area contributed by atoms with Crippen LogP contribution in [0.4, 0.5) is 0 Å². The molecule has 0 bridgehead atoms. The number of aromatic nitrogens is 2. The van der Waals surface area contributed by atoms with Crippen LogP contribution < -0.4 is 15.0 Å². The molecule has 3 aromatic rings. The lowest BCUT2D eigenvalue weighted by molar-refractivity contribution is 0.342. The highest BCUT2D eigenvalue weighted by Crippen LogP contribution is 2.34. The summed E-state index contributed by atoms with van der Waals surface area (Å²) in [6.07, 6.45) is 6.16. The minimum Gasteiger partial charge on any atom is -0.497 e. The van der Waals surface area contributed by atoms with Gasteiger partial charge in [-0.1, -0.05) is 17.8 Å². The first-order chi connectivity index (χ1) is 14.2. The fraction of sp³-hybridized carbons (Fsp3) is 0.364. The van der Waals surface area contributed by atoms with Crippen molar-refractivity contribution in [3.05, 3.63) is 57.7 Å². The SMILES string of the molecule is C=CCn1c(SCCOc2ccc(OC)cc2)nc2sc3c(c2c1=O)CCCC3. The molecule has 0 spiro atoms. The van der Waals surface area contributed by atoms with E-state index in [1.54, 1.807) is 40.9 Å². The third-order valence-corrected chi connectivity index (χ3v) is 7.12. The molecule has 5 nitrogen and oxygen atoms in total. The van der Waals surface area contributed by atoms with Crippen LogP contribution in [-0.2, 0) is 19.4 Å². The second kappa shape index (κ2) is 9.05. The van der Waals surface area contributed by atoms with E-state index in [0.717, 1.165) is 46.1 Å². The first-order valence-electron chi connectivity index (χ1n) is 9.77. The zero-order valence-corrected chi connectivity index (χ0v) is 18.1. The topological polar surface area (TPSA) is 53.4 Å². The average Bonchev–Trinajstić information content (AvgIpc) is 3.12. The summed E-state index contributed by atoms with van der Waals surface area (Å²) >= 11 is 3.24. The summed E-state index contributed by atoms with van der Waals surface area (Å²) in [6, 6.07) is 7.52. The number of hydrogen-bond donors (Lipinski definition) is 0. The Bertz CT molecular complexity index is 1070. The molecule has 1 aliphatic carbocycles. The van der Waals surface area contributed by atoms with Crippen molar-refractivity contribution in [2.45, 2.75) is 37.4 Å². The minimum atomic E-state index is 0.0628. The molecule has 0 amide bonds. The molecular formula is C22H24N2O3S2. The fourth-order valence-corrected chi connectivity index (χ4v) is 5.71. The van der Waals surface area contributed by atoms with E-state index in [1.807, 2.05) is 24.3 Å². The molecule has 0 atom stereocenters. The average molecular weight is 429 g/mol. The van der Waals surface area contributed by atoms with E-state index in [1.165, 1.54) is 16.9 Å². The number of rotatable bonds is 8. The van der Waals surface area contributed by atoms with E-state index in [2.05, 4.69) is 6.58 Å². The van der Waals surface area contributed by atoms with Crippen molar-refractivity contribution in [2.75, 3.05) is 19.5 Å². The molecule has 0 saturated carbocycles. The van der Waals surface area contributed by atoms with E-state index in [-0.39, 0.29) is 5.56 Å². The number of hydrogen-bond acceptors (Lipinski definition) is 6. The van der Waals surface area contributed by atoms with Gasteiger partial charge in [-0.3, -0.25) is 9.36 Å². The monoisotopic (exact) mass is 428 g/mol. The molecule has 152 valence electrons. The van der Waals surface area contributed by atoms with Gasteiger partial charge in [0.2, 0.25) is 0 Å². The van der Waals surface area contributed by atoms with Crippen LogP contribution in [0, 0.1) is 0 Å². The van der Waals surface area contributed by atoms with Crippen molar-refractivity contribution in [1.82, 2.24) is 9.55 Å². The third kappa shape index (κ3) is 4.21. The molecule has 0 unspecified atom stereocenters. The van der Waals surface area contributed by atoms with E-state index >= 15 is 0 Å². The van der Waals surface area contributed by atoms with Crippen molar-refractivity contribution >= 4 is 33.3 Å². The summed E-state index contributed by atoms with van der Waals surface area (Å²) in [5, 5.41) is 1.56. The van der Waals surface area contributed by atoms with Gasteiger partial charge in [0.1, 0.15) is 16.3 Å². The smallest absolute Gasteiger partial charge is 0.263 e. The van der Waals surface area contributed by atoms with Gasteiger partial charge < -0.3 is 9.47 Å². The number of benzene rings is 1. The van der Waals surface area contributed by atoms with Gasteiger partial charge in [0.05, 0.1) is 19.1 Å². The van der Waals surface area contributed by atoms with Gasteiger partial charge in [-0.25, -0.2) is 4.98 Å². The van der Waals surface area contributed by atoms with Crippen molar-refractivity contribution in [2.24, 2.45) is 0 Å². The van der Waals surface area contributed by atoms with Crippen LogP contribution in [0.2, 0.25) is 0 Å². The number of aryl methyl sites for hydroxylation is 2. The summed E-state index contributed by atoms with van der Waals surface area (Å²) in [4.78, 5) is 20.3.